The van der Waals surface area contributed by atoms with E-state index in [1.807, 2.05) is 72.8 Å². The van der Waals surface area contributed by atoms with E-state index in [0.29, 0.717) is 17.6 Å². The van der Waals surface area contributed by atoms with Gasteiger partial charge in [-0.1, -0.05) is 121 Å². The van der Waals surface area contributed by atoms with Crippen LogP contribution in [0.3, 0.4) is 0 Å². The fraction of sp³-hybridized carbons (Fsp3) is 0. The Hall–Kier alpha value is -5.81. The number of benzene rings is 6. The number of aromatic nitrogens is 4. The average molecular weight is 539 g/mol. The Bertz CT molecular complexity index is 2400. The number of hydrogen-bond donors (Lipinski definition) is 0. The van der Waals surface area contributed by atoms with Crippen molar-refractivity contribution in [3.05, 3.63) is 133 Å². The van der Waals surface area contributed by atoms with Gasteiger partial charge in [-0.05, 0) is 17.5 Å². The van der Waals surface area contributed by atoms with Gasteiger partial charge in [0.25, 0.3) is 0 Å². The summed E-state index contributed by atoms with van der Waals surface area (Å²) >= 11 is 0. The second-order valence-electron chi connectivity index (χ2n) is 10.4. The highest BCUT2D eigenvalue weighted by Gasteiger charge is 2.24. The van der Waals surface area contributed by atoms with Crippen LogP contribution in [0.15, 0.2) is 138 Å². The summed E-state index contributed by atoms with van der Waals surface area (Å²) in [4.78, 5) is 15.2. The molecule has 0 fully saturated rings. The normalized spacial score (nSPS) is 11.8. The van der Waals surface area contributed by atoms with Crippen molar-refractivity contribution in [3.8, 4) is 28.7 Å². The SMILES string of the molecule is c1ccc(-c2nc(-c3ccccc3)nc(-n3c4ccccc4c4c5oc6ccccc6c5c5ccccc5c43)n2)cc1. The minimum absolute atomic E-state index is 0.564. The van der Waals surface area contributed by atoms with Gasteiger partial charge < -0.3 is 4.42 Å². The van der Waals surface area contributed by atoms with Crippen molar-refractivity contribution in [2.24, 2.45) is 0 Å². The predicted octanol–water partition coefficient (Wildman–Crippen LogP) is 9.36. The highest BCUT2D eigenvalue weighted by Crippen LogP contribution is 2.45. The van der Waals surface area contributed by atoms with Crippen LogP contribution in [0, 0.1) is 0 Å². The van der Waals surface area contributed by atoms with Crippen LogP contribution in [0.4, 0.5) is 0 Å². The topological polar surface area (TPSA) is 56.7 Å². The zero-order valence-corrected chi connectivity index (χ0v) is 22.4. The van der Waals surface area contributed by atoms with Crippen molar-refractivity contribution in [2.45, 2.75) is 0 Å². The number of fused-ring (bicyclic) bond motifs is 10. The monoisotopic (exact) mass is 538 g/mol. The van der Waals surface area contributed by atoms with Gasteiger partial charge in [0.05, 0.1) is 16.4 Å². The van der Waals surface area contributed by atoms with Gasteiger partial charge in [-0.2, -0.15) is 9.97 Å². The van der Waals surface area contributed by atoms with E-state index >= 15 is 0 Å². The van der Waals surface area contributed by atoms with E-state index < -0.39 is 0 Å². The third-order valence-electron chi connectivity index (χ3n) is 8.04. The van der Waals surface area contributed by atoms with Crippen LogP contribution in [0.5, 0.6) is 0 Å². The van der Waals surface area contributed by atoms with Crippen LogP contribution >= 0.6 is 0 Å². The van der Waals surface area contributed by atoms with Gasteiger partial charge in [0.15, 0.2) is 11.6 Å². The van der Waals surface area contributed by atoms with Crippen molar-refractivity contribution < 1.29 is 4.42 Å². The highest BCUT2D eigenvalue weighted by atomic mass is 16.3. The van der Waals surface area contributed by atoms with Crippen LogP contribution < -0.4 is 0 Å². The standard InChI is InChI=1S/C37H22N4O/c1-3-13-23(14-4-1)35-38-36(24-15-5-2-6-16-24)40-37(39-35)41-29-21-11-9-19-27(29)32-33(41)26-18-8-7-17-25(26)31-28-20-10-12-22-30(28)42-34(31)32/h1-22H. The minimum Gasteiger partial charge on any atom is -0.455 e. The van der Waals surface area contributed by atoms with Crippen LogP contribution in [-0.4, -0.2) is 19.5 Å². The molecule has 3 heterocycles. The van der Waals surface area contributed by atoms with Crippen molar-refractivity contribution in [1.82, 2.24) is 19.5 Å². The first-order valence-corrected chi connectivity index (χ1v) is 14.0. The van der Waals surface area contributed by atoms with E-state index in [9.17, 15) is 0 Å². The Morgan fingerprint density at radius 3 is 1.69 bits per heavy atom. The van der Waals surface area contributed by atoms with Gasteiger partial charge in [0.1, 0.15) is 11.2 Å². The summed E-state index contributed by atoms with van der Waals surface area (Å²) in [6, 6.07) is 45.4. The van der Waals surface area contributed by atoms with E-state index in [1.165, 1.54) is 0 Å². The van der Waals surface area contributed by atoms with E-state index in [-0.39, 0.29) is 0 Å². The summed E-state index contributed by atoms with van der Waals surface area (Å²) in [6.45, 7) is 0. The molecule has 0 radical (unpaired) electrons. The third-order valence-corrected chi connectivity index (χ3v) is 8.04. The Morgan fingerprint density at radius 2 is 1.00 bits per heavy atom. The first kappa shape index (κ1) is 22.9. The first-order valence-electron chi connectivity index (χ1n) is 14.0. The Morgan fingerprint density at radius 1 is 0.452 bits per heavy atom. The molecule has 0 amide bonds. The van der Waals surface area contributed by atoms with Crippen molar-refractivity contribution in [2.75, 3.05) is 0 Å². The van der Waals surface area contributed by atoms with Crippen LogP contribution in [0.2, 0.25) is 0 Å². The molecule has 0 saturated carbocycles. The molecule has 0 aliphatic rings. The maximum absolute atomic E-state index is 6.65. The largest absolute Gasteiger partial charge is 0.455 e. The molecule has 5 nitrogen and oxygen atoms in total. The number of para-hydroxylation sites is 2. The van der Waals surface area contributed by atoms with Crippen molar-refractivity contribution in [1.29, 1.82) is 0 Å². The Kier molecular flexibility index (Phi) is 4.83. The number of rotatable bonds is 3. The number of nitrogens with zero attached hydrogens (tertiary/aromatic N) is 4. The molecular weight excluding hydrogens is 516 g/mol. The molecule has 0 atom stereocenters. The number of furan rings is 1. The Balaban J connectivity index is 1.49. The molecular formula is C37H22N4O. The van der Waals surface area contributed by atoms with E-state index in [0.717, 1.165) is 65.6 Å². The molecule has 0 unspecified atom stereocenters. The highest BCUT2D eigenvalue weighted by molar-refractivity contribution is 6.35. The van der Waals surface area contributed by atoms with Gasteiger partial charge in [-0.15, -0.1) is 0 Å². The van der Waals surface area contributed by atoms with E-state index in [2.05, 4.69) is 65.2 Å². The molecule has 5 heteroatoms. The summed E-state index contributed by atoms with van der Waals surface area (Å²) in [6.07, 6.45) is 0. The molecule has 0 spiro atoms. The van der Waals surface area contributed by atoms with Gasteiger partial charge in [-0.3, -0.25) is 4.57 Å². The maximum atomic E-state index is 6.65. The summed E-state index contributed by atoms with van der Waals surface area (Å²) in [5, 5.41) is 6.63. The van der Waals surface area contributed by atoms with Gasteiger partial charge >= 0.3 is 0 Å². The second-order valence-corrected chi connectivity index (χ2v) is 10.4. The van der Waals surface area contributed by atoms with Crippen molar-refractivity contribution in [3.63, 3.8) is 0 Å². The summed E-state index contributed by atoms with van der Waals surface area (Å²) < 4.78 is 8.83. The van der Waals surface area contributed by atoms with Gasteiger partial charge in [-0.25, -0.2) is 4.98 Å². The lowest BCUT2D eigenvalue weighted by Crippen LogP contribution is -2.06. The predicted molar refractivity (Wildman–Crippen MR) is 170 cm³/mol. The van der Waals surface area contributed by atoms with Gasteiger partial charge in [0.2, 0.25) is 5.95 Å². The third kappa shape index (κ3) is 3.28. The maximum Gasteiger partial charge on any atom is 0.238 e. The summed E-state index contributed by atoms with van der Waals surface area (Å²) in [5.41, 5.74) is 5.64. The second kappa shape index (κ2) is 8.85. The number of hydrogen-bond acceptors (Lipinski definition) is 4. The molecule has 196 valence electrons. The molecule has 0 N–H and O–H groups in total. The molecule has 9 aromatic rings. The quantitative estimate of drug-likeness (QED) is 0.225. The zero-order valence-electron chi connectivity index (χ0n) is 22.4. The molecule has 0 bridgehead atoms. The lowest BCUT2D eigenvalue weighted by atomic mass is 9.99. The zero-order chi connectivity index (χ0) is 27.6. The fourth-order valence-corrected chi connectivity index (χ4v) is 6.23. The van der Waals surface area contributed by atoms with Crippen LogP contribution in [-0.2, 0) is 0 Å². The summed E-state index contributed by atoms with van der Waals surface area (Å²) in [5.74, 6) is 1.81. The fourth-order valence-electron chi connectivity index (χ4n) is 6.23. The molecule has 0 aliphatic carbocycles. The first-order chi connectivity index (χ1) is 20.8. The van der Waals surface area contributed by atoms with E-state index in [4.69, 9.17) is 19.4 Å². The molecule has 3 aromatic heterocycles. The molecule has 42 heavy (non-hydrogen) atoms. The Labute approximate surface area is 240 Å². The summed E-state index contributed by atoms with van der Waals surface area (Å²) in [7, 11) is 0. The molecule has 0 aliphatic heterocycles. The molecule has 9 rings (SSSR count). The van der Waals surface area contributed by atoms with Crippen molar-refractivity contribution >= 4 is 54.5 Å². The molecule has 0 saturated heterocycles. The minimum atomic E-state index is 0.564. The average Bonchev–Trinajstić information content (AvgIpc) is 3.62. The van der Waals surface area contributed by atoms with Crippen LogP contribution in [0.25, 0.3) is 83.2 Å². The lowest BCUT2D eigenvalue weighted by Gasteiger charge is -2.12. The van der Waals surface area contributed by atoms with E-state index in [1.54, 1.807) is 0 Å². The van der Waals surface area contributed by atoms with Gasteiger partial charge in [0, 0.05) is 32.7 Å². The smallest absolute Gasteiger partial charge is 0.238 e. The molecule has 6 aromatic carbocycles. The van der Waals surface area contributed by atoms with Crippen LogP contribution in [0.1, 0.15) is 0 Å². The lowest BCUT2D eigenvalue weighted by molar-refractivity contribution is 0.673.